The van der Waals surface area contributed by atoms with E-state index in [4.69, 9.17) is 24.9 Å². The summed E-state index contributed by atoms with van der Waals surface area (Å²) in [4.78, 5) is 37.1. The highest BCUT2D eigenvalue weighted by Crippen LogP contribution is 2.40. The van der Waals surface area contributed by atoms with Gasteiger partial charge in [0.2, 0.25) is 11.9 Å². The zero-order valence-electron chi connectivity index (χ0n) is 27.5. The quantitative estimate of drug-likeness (QED) is 0.188. The second-order valence-corrected chi connectivity index (χ2v) is 13.8. The molecule has 0 spiro atoms. The highest BCUT2D eigenvalue weighted by atomic mass is 32.1. The number of thiophene rings is 2. The molecule has 6 aromatic rings. The minimum Gasteiger partial charge on any atom is -0.373 e. The summed E-state index contributed by atoms with van der Waals surface area (Å²) in [7, 11) is 9.63. The van der Waals surface area contributed by atoms with Gasteiger partial charge in [0.25, 0.3) is 0 Å². The molecular formula is C32H41N13S2. The monoisotopic (exact) mass is 671 g/mol. The van der Waals surface area contributed by atoms with E-state index in [9.17, 15) is 0 Å². The van der Waals surface area contributed by atoms with Crippen LogP contribution in [0.2, 0.25) is 0 Å². The molecule has 2 aliphatic heterocycles. The summed E-state index contributed by atoms with van der Waals surface area (Å²) in [6.45, 7) is 6.01. The molecule has 13 nitrogen and oxygen atoms in total. The van der Waals surface area contributed by atoms with E-state index in [-0.39, 0.29) is 0 Å². The van der Waals surface area contributed by atoms with Crippen molar-refractivity contribution < 1.29 is 0 Å². The SMILES string of the molecule is CNc1ccc2c(n1)sc1c(N3CCCCC3)nc(NC)nc12.CNc1nc(N2CCNCC2)c2sc3nc(N(C)C)ccc3c2n1. The van der Waals surface area contributed by atoms with Gasteiger partial charge in [-0.3, -0.25) is 0 Å². The first-order valence-corrected chi connectivity index (χ1v) is 17.7. The Hall–Kier alpha value is -4.34. The molecule has 2 fully saturated rings. The van der Waals surface area contributed by atoms with Crippen LogP contribution in [0.25, 0.3) is 40.9 Å². The number of nitrogens with zero attached hydrogens (tertiary/aromatic N) is 9. The van der Waals surface area contributed by atoms with Crippen LogP contribution in [-0.2, 0) is 0 Å². The summed E-state index contributed by atoms with van der Waals surface area (Å²) < 4.78 is 2.26. The lowest BCUT2D eigenvalue weighted by Crippen LogP contribution is -2.44. The highest BCUT2D eigenvalue weighted by Gasteiger charge is 2.22. The second-order valence-electron chi connectivity index (χ2n) is 11.8. The van der Waals surface area contributed by atoms with Crippen molar-refractivity contribution in [2.45, 2.75) is 19.3 Å². The van der Waals surface area contributed by atoms with Crippen LogP contribution in [0.4, 0.5) is 35.2 Å². The number of rotatable bonds is 6. The fourth-order valence-electron chi connectivity index (χ4n) is 6.03. The van der Waals surface area contributed by atoms with E-state index in [1.807, 2.05) is 52.3 Å². The van der Waals surface area contributed by atoms with Gasteiger partial charge in [0.15, 0.2) is 11.6 Å². The Bertz CT molecular complexity index is 2030. The molecule has 0 atom stereocenters. The Morgan fingerprint density at radius 2 is 1.19 bits per heavy atom. The van der Waals surface area contributed by atoms with Gasteiger partial charge in [-0.1, -0.05) is 0 Å². The molecule has 2 aliphatic rings. The molecule has 4 N–H and O–H groups in total. The van der Waals surface area contributed by atoms with Crippen LogP contribution >= 0.6 is 22.7 Å². The fraction of sp³-hybridized carbons (Fsp3) is 0.438. The number of fused-ring (bicyclic) bond motifs is 6. The third-order valence-electron chi connectivity index (χ3n) is 8.54. The number of hydrogen-bond donors (Lipinski definition) is 4. The Kier molecular flexibility index (Phi) is 8.92. The van der Waals surface area contributed by atoms with Gasteiger partial charge in [0, 0.05) is 85.3 Å². The minimum atomic E-state index is 0.660. The standard InChI is InChI=1S/C16H21N7S.C16H20N6S/c1-17-16-20-12-10-4-5-11(22(2)3)19-15(10)24-13(12)14(21-16)23-8-6-18-7-9-23;1-17-11-7-6-10-12-13(23-15(10)19-11)14(21-16(18-2)20-12)22-8-4-3-5-9-22/h4-5,18H,6-9H2,1-3H3,(H,17,20,21);6-7H,3-5,8-9H2,1-2H3,(H,17,19)(H,18,20,21). The number of nitrogens with one attached hydrogen (secondary N) is 4. The first-order valence-electron chi connectivity index (χ1n) is 16.1. The van der Waals surface area contributed by atoms with E-state index in [0.29, 0.717) is 11.9 Å². The Balaban J connectivity index is 0.000000150. The van der Waals surface area contributed by atoms with Crippen LogP contribution in [0, 0.1) is 0 Å². The van der Waals surface area contributed by atoms with E-state index in [2.05, 4.69) is 48.2 Å². The average Bonchev–Trinajstić information content (AvgIpc) is 3.69. The fourth-order valence-corrected chi connectivity index (χ4v) is 8.29. The summed E-state index contributed by atoms with van der Waals surface area (Å²) in [5, 5.41) is 14.9. The van der Waals surface area contributed by atoms with Crippen LogP contribution in [0.3, 0.4) is 0 Å². The summed E-state index contributed by atoms with van der Waals surface area (Å²) in [5.74, 6) is 5.24. The molecule has 0 aromatic carbocycles. The zero-order valence-corrected chi connectivity index (χ0v) is 29.1. The molecule has 8 rings (SSSR count). The molecule has 0 bridgehead atoms. The lowest BCUT2D eigenvalue weighted by atomic mass is 10.1. The van der Waals surface area contributed by atoms with Crippen molar-refractivity contribution in [2.24, 2.45) is 0 Å². The van der Waals surface area contributed by atoms with Crippen molar-refractivity contribution in [3.8, 4) is 0 Å². The molecule has 0 unspecified atom stereocenters. The molecule has 0 aliphatic carbocycles. The van der Waals surface area contributed by atoms with Crippen LogP contribution in [-0.4, -0.2) is 104 Å². The molecule has 0 amide bonds. The molecule has 0 saturated carbocycles. The maximum atomic E-state index is 4.78. The molecule has 47 heavy (non-hydrogen) atoms. The summed E-state index contributed by atoms with van der Waals surface area (Å²) >= 11 is 3.37. The van der Waals surface area contributed by atoms with Gasteiger partial charge >= 0.3 is 0 Å². The number of anilines is 6. The van der Waals surface area contributed by atoms with Gasteiger partial charge < -0.3 is 36.0 Å². The van der Waals surface area contributed by atoms with Gasteiger partial charge in [-0.05, 0) is 43.5 Å². The topological polar surface area (TPSA) is 135 Å². The number of piperazine rings is 1. The summed E-state index contributed by atoms with van der Waals surface area (Å²) in [6, 6.07) is 8.25. The predicted octanol–water partition coefficient (Wildman–Crippen LogP) is 5.07. The normalized spacial score (nSPS) is 15.3. The Morgan fingerprint density at radius 1 is 0.638 bits per heavy atom. The van der Waals surface area contributed by atoms with Crippen LogP contribution in [0.5, 0.6) is 0 Å². The third kappa shape index (κ3) is 6.10. The van der Waals surface area contributed by atoms with Crippen molar-refractivity contribution >= 4 is 98.7 Å². The number of aromatic nitrogens is 6. The van der Waals surface area contributed by atoms with E-state index < -0.39 is 0 Å². The minimum absolute atomic E-state index is 0.660. The second kappa shape index (κ2) is 13.4. The molecule has 0 radical (unpaired) electrons. The Labute approximate surface area is 281 Å². The van der Waals surface area contributed by atoms with E-state index >= 15 is 0 Å². The predicted molar refractivity (Wildman–Crippen MR) is 200 cm³/mol. The zero-order chi connectivity index (χ0) is 32.5. The van der Waals surface area contributed by atoms with Crippen LogP contribution in [0.15, 0.2) is 24.3 Å². The van der Waals surface area contributed by atoms with Crippen molar-refractivity contribution in [3.05, 3.63) is 24.3 Å². The molecule has 15 heteroatoms. The maximum absolute atomic E-state index is 4.78. The van der Waals surface area contributed by atoms with Gasteiger partial charge in [-0.2, -0.15) is 9.97 Å². The van der Waals surface area contributed by atoms with Crippen LogP contribution in [0.1, 0.15) is 19.3 Å². The summed E-state index contributed by atoms with van der Waals surface area (Å²) in [6.07, 6.45) is 3.77. The van der Waals surface area contributed by atoms with E-state index in [0.717, 1.165) is 103 Å². The largest absolute Gasteiger partial charge is 0.373 e. The Morgan fingerprint density at radius 3 is 1.74 bits per heavy atom. The van der Waals surface area contributed by atoms with E-state index in [1.54, 1.807) is 22.7 Å². The van der Waals surface area contributed by atoms with Crippen molar-refractivity contribution in [2.75, 3.05) is 105 Å². The average molecular weight is 672 g/mol. The molecule has 6 aromatic heterocycles. The lowest BCUT2D eigenvalue weighted by Gasteiger charge is -2.28. The van der Waals surface area contributed by atoms with Crippen molar-refractivity contribution in [3.63, 3.8) is 0 Å². The molecule has 2 saturated heterocycles. The van der Waals surface area contributed by atoms with Crippen LogP contribution < -0.4 is 36.0 Å². The van der Waals surface area contributed by atoms with Gasteiger partial charge in [-0.15, -0.1) is 22.7 Å². The van der Waals surface area contributed by atoms with Gasteiger partial charge in [0.1, 0.15) is 21.3 Å². The van der Waals surface area contributed by atoms with Gasteiger partial charge in [-0.25, -0.2) is 19.9 Å². The first-order chi connectivity index (χ1) is 23.0. The lowest BCUT2D eigenvalue weighted by molar-refractivity contribution is 0.575. The highest BCUT2D eigenvalue weighted by molar-refractivity contribution is 7.26. The molecular weight excluding hydrogens is 631 g/mol. The van der Waals surface area contributed by atoms with Crippen molar-refractivity contribution in [1.29, 1.82) is 0 Å². The molecule has 8 heterocycles. The summed E-state index contributed by atoms with van der Waals surface area (Å²) in [5.41, 5.74) is 1.99. The number of pyridine rings is 2. The van der Waals surface area contributed by atoms with Crippen molar-refractivity contribution in [1.82, 2.24) is 35.2 Å². The molecule has 246 valence electrons. The number of hydrogen-bond acceptors (Lipinski definition) is 15. The number of piperidine rings is 1. The smallest absolute Gasteiger partial charge is 0.225 e. The van der Waals surface area contributed by atoms with Gasteiger partial charge in [0.05, 0.1) is 20.4 Å². The first kappa shape index (κ1) is 31.3. The van der Waals surface area contributed by atoms with E-state index in [1.165, 1.54) is 19.3 Å². The third-order valence-corrected chi connectivity index (χ3v) is 10.7. The maximum Gasteiger partial charge on any atom is 0.225 e.